The van der Waals surface area contributed by atoms with Gasteiger partial charge in [0, 0.05) is 25.6 Å². The third kappa shape index (κ3) is 4.02. The van der Waals surface area contributed by atoms with Gasteiger partial charge in [-0.25, -0.2) is 0 Å². The average Bonchev–Trinajstić information content (AvgIpc) is 2.64. The highest BCUT2D eigenvalue weighted by Gasteiger charge is 2.22. The lowest BCUT2D eigenvalue weighted by atomic mass is 10.0. The molecule has 1 aliphatic heterocycles. The summed E-state index contributed by atoms with van der Waals surface area (Å²) in [7, 11) is 2.09. The van der Waals surface area contributed by atoms with Gasteiger partial charge in [0.15, 0.2) is 11.5 Å². The Morgan fingerprint density at radius 3 is 2.67 bits per heavy atom. The van der Waals surface area contributed by atoms with E-state index in [0.29, 0.717) is 36.4 Å². The van der Waals surface area contributed by atoms with Crippen molar-refractivity contribution in [2.45, 2.75) is 26.3 Å². The maximum Gasteiger partial charge on any atom is 0.179 e. The van der Waals surface area contributed by atoms with Crippen LogP contribution in [0.2, 0.25) is 5.02 Å². The van der Waals surface area contributed by atoms with Crippen molar-refractivity contribution in [2.24, 2.45) is 11.7 Å². The number of benzene rings is 1. The summed E-state index contributed by atoms with van der Waals surface area (Å²) in [5.74, 6) is 1.96. The zero-order valence-corrected chi connectivity index (χ0v) is 13.8. The molecule has 1 aliphatic rings. The third-order valence-electron chi connectivity index (χ3n) is 3.62. The van der Waals surface area contributed by atoms with Crippen molar-refractivity contribution >= 4 is 11.6 Å². The van der Waals surface area contributed by atoms with Gasteiger partial charge < -0.3 is 15.2 Å². The predicted octanol–water partition coefficient (Wildman–Crippen LogP) is 3.09. The molecule has 4 nitrogen and oxygen atoms in total. The molecule has 1 atom stereocenters. The molecule has 118 valence electrons. The first-order valence-electron chi connectivity index (χ1n) is 7.52. The molecule has 1 unspecified atom stereocenters. The van der Waals surface area contributed by atoms with Crippen molar-refractivity contribution in [3.8, 4) is 11.5 Å². The molecule has 0 fully saturated rings. The van der Waals surface area contributed by atoms with Gasteiger partial charge >= 0.3 is 0 Å². The monoisotopic (exact) mass is 312 g/mol. The van der Waals surface area contributed by atoms with E-state index in [1.165, 1.54) is 0 Å². The summed E-state index contributed by atoms with van der Waals surface area (Å²) in [6, 6.07) is 4.09. The molecule has 0 radical (unpaired) electrons. The van der Waals surface area contributed by atoms with Crippen molar-refractivity contribution in [2.75, 3.05) is 33.4 Å². The summed E-state index contributed by atoms with van der Waals surface area (Å²) in [4.78, 5) is 2.26. The Kier molecular flexibility index (Phi) is 5.73. The SMILES string of the molecule is CC(C)CN(C)C(CN)c1cc(Cl)c2c(c1)OCCCO2. The molecule has 0 saturated carbocycles. The molecular weight excluding hydrogens is 288 g/mol. The zero-order valence-electron chi connectivity index (χ0n) is 13.1. The first kappa shape index (κ1) is 16.4. The van der Waals surface area contributed by atoms with Gasteiger partial charge in [-0.15, -0.1) is 0 Å². The molecule has 1 heterocycles. The van der Waals surface area contributed by atoms with Crippen LogP contribution in [0.5, 0.6) is 11.5 Å². The Balaban J connectivity index is 2.29. The van der Waals surface area contributed by atoms with Crippen LogP contribution >= 0.6 is 11.6 Å². The molecule has 5 heteroatoms. The first-order chi connectivity index (χ1) is 10.0. The van der Waals surface area contributed by atoms with Gasteiger partial charge in [-0.2, -0.15) is 0 Å². The van der Waals surface area contributed by atoms with E-state index in [-0.39, 0.29) is 6.04 Å². The molecule has 21 heavy (non-hydrogen) atoms. The Bertz CT molecular complexity index is 480. The van der Waals surface area contributed by atoms with E-state index in [9.17, 15) is 0 Å². The van der Waals surface area contributed by atoms with Gasteiger partial charge in [0.2, 0.25) is 0 Å². The fourth-order valence-electron chi connectivity index (χ4n) is 2.72. The number of nitrogens with zero attached hydrogens (tertiary/aromatic N) is 1. The fraction of sp³-hybridized carbons (Fsp3) is 0.625. The first-order valence-corrected chi connectivity index (χ1v) is 7.90. The second-order valence-electron chi connectivity index (χ2n) is 5.97. The van der Waals surface area contributed by atoms with E-state index in [1.54, 1.807) is 0 Å². The lowest BCUT2D eigenvalue weighted by Crippen LogP contribution is -2.33. The largest absolute Gasteiger partial charge is 0.489 e. The highest BCUT2D eigenvalue weighted by molar-refractivity contribution is 6.32. The van der Waals surface area contributed by atoms with Crippen molar-refractivity contribution in [3.63, 3.8) is 0 Å². The van der Waals surface area contributed by atoms with E-state index < -0.39 is 0 Å². The molecule has 1 aromatic carbocycles. The van der Waals surface area contributed by atoms with Crippen LogP contribution in [0.1, 0.15) is 31.9 Å². The maximum absolute atomic E-state index is 6.37. The lowest BCUT2D eigenvalue weighted by molar-refractivity contribution is 0.223. The van der Waals surface area contributed by atoms with Gasteiger partial charge in [-0.3, -0.25) is 4.90 Å². The number of fused-ring (bicyclic) bond motifs is 1. The van der Waals surface area contributed by atoms with Crippen LogP contribution in [-0.2, 0) is 0 Å². The van der Waals surface area contributed by atoms with Gasteiger partial charge in [-0.1, -0.05) is 25.4 Å². The molecule has 0 aromatic heterocycles. The van der Waals surface area contributed by atoms with Crippen molar-refractivity contribution in [1.29, 1.82) is 0 Å². The van der Waals surface area contributed by atoms with Gasteiger partial charge in [-0.05, 0) is 30.7 Å². The number of hydrogen-bond donors (Lipinski definition) is 1. The number of nitrogens with two attached hydrogens (primary N) is 1. The highest BCUT2D eigenvalue weighted by Crippen LogP contribution is 2.40. The molecule has 0 amide bonds. The standard InChI is InChI=1S/C16H25ClN2O2/c1-11(2)10-19(3)14(9-18)12-7-13(17)16-15(8-12)20-5-4-6-21-16/h7-8,11,14H,4-6,9-10,18H2,1-3H3. The summed E-state index contributed by atoms with van der Waals surface area (Å²) < 4.78 is 11.4. The average molecular weight is 313 g/mol. The molecule has 0 bridgehead atoms. The second kappa shape index (κ2) is 7.34. The van der Waals surface area contributed by atoms with E-state index in [2.05, 4.69) is 25.8 Å². The number of likely N-dealkylation sites (N-methyl/N-ethyl adjacent to an activating group) is 1. The van der Waals surface area contributed by atoms with Crippen LogP contribution < -0.4 is 15.2 Å². The van der Waals surface area contributed by atoms with Crippen LogP contribution in [0.3, 0.4) is 0 Å². The summed E-state index contributed by atoms with van der Waals surface area (Å²) in [6.07, 6.45) is 0.869. The van der Waals surface area contributed by atoms with Crippen LogP contribution in [0.15, 0.2) is 12.1 Å². The Morgan fingerprint density at radius 2 is 2.00 bits per heavy atom. The van der Waals surface area contributed by atoms with Crippen molar-refractivity contribution in [1.82, 2.24) is 4.90 Å². The smallest absolute Gasteiger partial charge is 0.179 e. The Hall–Kier alpha value is -0.970. The van der Waals surface area contributed by atoms with Crippen LogP contribution in [0, 0.1) is 5.92 Å². The van der Waals surface area contributed by atoms with E-state index >= 15 is 0 Å². The number of rotatable bonds is 5. The van der Waals surface area contributed by atoms with Crippen LogP contribution in [-0.4, -0.2) is 38.3 Å². The van der Waals surface area contributed by atoms with E-state index in [0.717, 1.165) is 24.3 Å². The molecular formula is C16H25ClN2O2. The summed E-state index contributed by atoms with van der Waals surface area (Å²) >= 11 is 6.37. The normalized spacial score (nSPS) is 16.1. The van der Waals surface area contributed by atoms with Crippen LogP contribution in [0.25, 0.3) is 0 Å². The number of halogens is 1. The van der Waals surface area contributed by atoms with E-state index in [1.807, 2.05) is 12.1 Å². The third-order valence-corrected chi connectivity index (χ3v) is 3.90. The van der Waals surface area contributed by atoms with Crippen LogP contribution in [0.4, 0.5) is 0 Å². The van der Waals surface area contributed by atoms with Crippen molar-refractivity contribution in [3.05, 3.63) is 22.7 Å². The Morgan fingerprint density at radius 1 is 1.29 bits per heavy atom. The minimum atomic E-state index is 0.127. The number of hydrogen-bond acceptors (Lipinski definition) is 4. The molecule has 1 aromatic rings. The maximum atomic E-state index is 6.37. The predicted molar refractivity (Wildman–Crippen MR) is 86.3 cm³/mol. The summed E-state index contributed by atoms with van der Waals surface area (Å²) in [6.45, 7) is 7.21. The summed E-state index contributed by atoms with van der Waals surface area (Å²) in [5, 5.41) is 0.598. The van der Waals surface area contributed by atoms with Crippen molar-refractivity contribution < 1.29 is 9.47 Å². The van der Waals surface area contributed by atoms with Gasteiger partial charge in [0.05, 0.1) is 18.2 Å². The van der Waals surface area contributed by atoms with E-state index in [4.69, 9.17) is 26.8 Å². The zero-order chi connectivity index (χ0) is 15.4. The van der Waals surface area contributed by atoms with Gasteiger partial charge in [0.25, 0.3) is 0 Å². The van der Waals surface area contributed by atoms with Gasteiger partial charge in [0.1, 0.15) is 0 Å². The summed E-state index contributed by atoms with van der Waals surface area (Å²) in [5.41, 5.74) is 7.06. The minimum absolute atomic E-state index is 0.127. The molecule has 0 saturated heterocycles. The fourth-order valence-corrected chi connectivity index (χ4v) is 2.99. The molecule has 2 N–H and O–H groups in total. The Labute approximate surface area is 132 Å². The highest BCUT2D eigenvalue weighted by atomic mass is 35.5. The molecule has 0 aliphatic carbocycles. The lowest BCUT2D eigenvalue weighted by Gasteiger charge is -2.29. The minimum Gasteiger partial charge on any atom is -0.489 e. The molecule has 0 spiro atoms. The molecule has 2 rings (SSSR count). The quantitative estimate of drug-likeness (QED) is 0.907. The topological polar surface area (TPSA) is 47.7 Å². The number of ether oxygens (including phenoxy) is 2. The second-order valence-corrected chi connectivity index (χ2v) is 6.37.